The van der Waals surface area contributed by atoms with Gasteiger partial charge in [0.2, 0.25) is 5.91 Å². The van der Waals surface area contributed by atoms with E-state index in [-0.39, 0.29) is 30.1 Å². The molecule has 2 aliphatic rings. The van der Waals surface area contributed by atoms with E-state index in [1.807, 2.05) is 38.1 Å². The first-order valence-corrected chi connectivity index (χ1v) is 10.7. The Balaban J connectivity index is 1.71. The molecule has 0 saturated carbocycles. The molecule has 2 aliphatic heterocycles. The van der Waals surface area contributed by atoms with Crippen LogP contribution in [0.3, 0.4) is 0 Å². The summed E-state index contributed by atoms with van der Waals surface area (Å²) < 4.78 is 19.0. The lowest BCUT2D eigenvalue weighted by Crippen LogP contribution is -2.48. The summed E-state index contributed by atoms with van der Waals surface area (Å²) in [5.74, 6) is -0.169. The Morgan fingerprint density at radius 3 is 2.50 bits per heavy atom. The first-order chi connectivity index (χ1) is 14.3. The minimum absolute atomic E-state index is 0.0523. The molecule has 1 amide bonds. The lowest BCUT2D eigenvalue weighted by Gasteiger charge is -2.38. The van der Waals surface area contributed by atoms with Gasteiger partial charge in [-0.3, -0.25) is 9.69 Å². The molecule has 30 heavy (non-hydrogen) atoms. The number of fused-ring (bicyclic) bond motifs is 1. The van der Waals surface area contributed by atoms with Crippen molar-refractivity contribution in [3.05, 3.63) is 76.1 Å². The van der Waals surface area contributed by atoms with Crippen molar-refractivity contribution in [2.24, 2.45) is 0 Å². The maximum atomic E-state index is 13.3. The number of amides is 1. The van der Waals surface area contributed by atoms with Crippen molar-refractivity contribution < 1.29 is 19.0 Å². The Labute approximate surface area is 178 Å². The van der Waals surface area contributed by atoms with Crippen molar-refractivity contribution in [3.8, 4) is 11.8 Å². The number of nitrogens with zero attached hydrogens (tertiary/aromatic N) is 2. The molecular weight excluding hydrogens is 403 g/mol. The highest BCUT2D eigenvalue weighted by Crippen LogP contribution is 2.51. The van der Waals surface area contributed by atoms with Gasteiger partial charge in [-0.1, -0.05) is 24.3 Å². The van der Waals surface area contributed by atoms with E-state index >= 15 is 0 Å². The maximum Gasteiger partial charge on any atom is 0.231 e. The van der Waals surface area contributed by atoms with Crippen LogP contribution in [0.25, 0.3) is 0 Å². The Kier molecular flexibility index (Phi) is 5.31. The van der Waals surface area contributed by atoms with Gasteiger partial charge in [-0.25, -0.2) is 4.39 Å². The van der Waals surface area contributed by atoms with Crippen LogP contribution in [0.15, 0.2) is 59.1 Å². The number of allylic oxidation sites excluding steroid dienone is 1. The van der Waals surface area contributed by atoms with Crippen LogP contribution in [0.1, 0.15) is 37.3 Å². The quantitative estimate of drug-likeness (QED) is 0.794. The Morgan fingerprint density at radius 2 is 1.90 bits per heavy atom. The van der Waals surface area contributed by atoms with Gasteiger partial charge >= 0.3 is 0 Å². The van der Waals surface area contributed by atoms with E-state index in [0.717, 1.165) is 11.3 Å². The zero-order valence-corrected chi connectivity index (χ0v) is 17.4. The van der Waals surface area contributed by atoms with E-state index in [4.69, 9.17) is 4.74 Å². The molecule has 5 nitrogen and oxygen atoms in total. The smallest absolute Gasteiger partial charge is 0.231 e. The molecule has 0 aromatic heterocycles. The molecule has 2 aromatic carbocycles. The molecule has 1 fully saturated rings. The molecular formula is C23H21FN2O3S. The third kappa shape index (κ3) is 3.47. The predicted molar refractivity (Wildman–Crippen MR) is 112 cm³/mol. The van der Waals surface area contributed by atoms with Crippen molar-refractivity contribution in [2.75, 3.05) is 5.75 Å². The molecule has 2 aromatic rings. The molecule has 0 aliphatic carbocycles. The highest BCUT2D eigenvalue weighted by Gasteiger charge is 2.51. The van der Waals surface area contributed by atoms with Gasteiger partial charge in [0.15, 0.2) is 5.72 Å². The van der Waals surface area contributed by atoms with Crippen LogP contribution in [-0.4, -0.2) is 27.8 Å². The molecule has 2 atom stereocenters. The normalized spacial score (nSPS) is 23.5. The average Bonchev–Trinajstić information content (AvgIpc) is 3.08. The van der Waals surface area contributed by atoms with Crippen LogP contribution >= 0.6 is 11.8 Å². The van der Waals surface area contributed by atoms with E-state index in [1.165, 1.54) is 40.9 Å². The van der Waals surface area contributed by atoms with Crippen molar-refractivity contribution in [1.29, 1.82) is 5.26 Å². The molecule has 4 rings (SSSR count). The second-order valence-corrected chi connectivity index (χ2v) is 8.63. The largest absolute Gasteiger partial charge is 0.491 e. The van der Waals surface area contributed by atoms with Crippen molar-refractivity contribution in [2.45, 2.75) is 38.0 Å². The summed E-state index contributed by atoms with van der Waals surface area (Å²) in [5.41, 5.74) is 0.120. The topological polar surface area (TPSA) is 73.6 Å². The summed E-state index contributed by atoms with van der Waals surface area (Å²) in [6.45, 7) is 3.89. The van der Waals surface area contributed by atoms with Gasteiger partial charge in [0.05, 0.1) is 28.5 Å². The number of nitriles is 1. The van der Waals surface area contributed by atoms with E-state index < -0.39 is 11.5 Å². The maximum absolute atomic E-state index is 13.3. The fourth-order valence-corrected chi connectivity index (χ4v) is 5.25. The summed E-state index contributed by atoms with van der Waals surface area (Å²) >= 11 is 1.27. The van der Waals surface area contributed by atoms with Gasteiger partial charge in [0.1, 0.15) is 11.6 Å². The SMILES string of the molecule is CC(C)Oc1ccc([C@H]2CC(=O)N3C(=C2C#N)SC[C@@]3(O)c2ccc(F)cc2)cc1. The van der Waals surface area contributed by atoms with Crippen molar-refractivity contribution in [1.82, 2.24) is 4.90 Å². The number of aliphatic hydroxyl groups is 1. The van der Waals surface area contributed by atoms with Gasteiger partial charge in [0, 0.05) is 17.9 Å². The molecule has 0 unspecified atom stereocenters. The number of hydrogen-bond acceptors (Lipinski definition) is 5. The molecule has 0 radical (unpaired) electrons. The number of carbonyl (C=O) groups excluding carboxylic acids is 1. The Hall–Kier alpha value is -2.82. The van der Waals surface area contributed by atoms with Crippen molar-refractivity contribution in [3.63, 3.8) is 0 Å². The standard InChI is InChI=1S/C23H21FN2O3S/c1-14(2)29-18-9-3-15(4-10-18)19-11-21(27)26-22(20(19)12-25)30-13-23(26,28)16-5-7-17(24)8-6-16/h3-10,14,19,28H,11,13H2,1-2H3/t19-,23-/m1/s1. The van der Waals surface area contributed by atoms with Gasteiger partial charge in [0.25, 0.3) is 0 Å². The minimum Gasteiger partial charge on any atom is -0.491 e. The molecule has 1 N–H and O–H groups in total. The van der Waals surface area contributed by atoms with Crippen LogP contribution in [0.5, 0.6) is 5.75 Å². The zero-order chi connectivity index (χ0) is 21.5. The minimum atomic E-state index is -1.60. The third-order valence-electron chi connectivity index (χ3n) is 5.27. The summed E-state index contributed by atoms with van der Waals surface area (Å²) in [7, 11) is 0. The van der Waals surface area contributed by atoms with E-state index in [2.05, 4.69) is 6.07 Å². The number of hydrogen-bond donors (Lipinski definition) is 1. The second kappa shape index (κ2) is 7.78. The first-order valence-electron chi connectivity index (χ1n) is 9.68. The lowest BCUT2D eigenvalue weighted by molar-refractivity contribution is -0.149. The second-order valence-electron chi connectivity index (χ2n) is 7.66. The summed E-state index contributed by atoms with van der Waals surface area (Å²) in [6.07, 6.45) is 0.123. The van der Waals surface area contributed by atoms with Crippen LogP contribution in [0.2, 0.25) is 0 Å². The van der Waals surface area contributed by atoms with Gasteiger partial charge in [-0.15, -0.1) is 11.8 Å². The van der Waals surface area contributed by atoms with Crippen LogP contribution < -0.4 is 4.74 Å². The van der Waals surface area contributed by atoms with Gasteiger partial charge in [-0.2, -0.15) is 5.26 Å². The molecule has 0 bridgehead atoms. The van der Waals surface area contributed by atoms with Crippen LogP contribution in [0, 0.1) is 17.1 Å². The summed E-state index contributed by atoms with van der Waals surface area (Å²) in [4.78, 5) is 14.4. The number of thioether (sulfide) groups is 1. The summed E-state index contributed by atoms with van der Waals surface area (Å²) in [5, 5.41) is 21.7. The fourth-order valence-electron chi connectivity index (χ4n) is 3.89. The Morgan fingerprint density at radius 1 is 1.23 bits per heavy atom. The van der Waals surface area contributed by atoms with E-state index in [9.17, 15) is 19.6 Å². The monoisotopic (exact) mass is 424 g/mol. The number of halogens is 1. The first kappa shape index (κ1) is 20.5. The highest BCUT2D eigenvalue weighted by atomic mass is 32.2. The number of benzene rings is 2. The fraction of sp³-hybridized carbons (Fsp3) is 0.304. The van der Waals surface area contributed by atoms with Gasteiger partial charge in [-0.05, 0) is 43.7 Å². The molecule has 7 heteroatoms. The zero-order valence-electron chi connectivity index (χ0n) is 16.6. The molecule has 0 spiro atoms. The highest BCUT2D eigenvalue weighted by molar-refractivity contribution is 8.03. The number of carbonyl (C=O) groups is 1. The van der Waals surface area contributed by atoms with E-state index in [1.54, 1.807) is 0 Å². The van der Waals surface area contributed by atoms with Crippen LogP contribution in [-0.2, 0) is 10.5 Å². The molecule has 2 heterocycles. The van der Waals surface area contributed by atoms with Gasteiger partial charge < -0.3 is 9.84 Å². The number of ether oxygens (including phenoxy) is 1. The third-order valence-corrected chi connectivity index (χ3v) is 6.49. The predicted octanol–water partition coefficient (Wildman–Crippen LogP) is 4.26. The summed E-state index contributed by atoms with van der Waals surface area (Å²) in [6, 6.07) is 15.1. The molecule has 1 saturated heterocycles. The van der Waals surface area contributed by atoms with Crippen LogP contribution in [0.4, 0.5) is 4.39 Å². The Bertz CT molecular complexity index is 1040. The average molecular weight is 424 g/mol. The molecule has 154 valence electrons. The lowest BCUT2D eigenvalue weighted by atomic mass is 9.85. The van der Waals surface area contributed by atoms with Crippen molar-refractivity contribution >= 4 is 17.7 Å². The van der Waals surface area contributed by atoms with E-state index in [0.29, 0.717) is 16.2 Å². The number of rotatable bonds is 4.